The van der Waals surface area contributed by atoms with E-state index in [9.17, 15) is 24.0 Å². The summed E-state index contributed by atoms with van der Waals surface area (Å²) in [5, 5.41) is 0. The first kappa shape index (κ1) is 32.6. The molecule has 0 spiro atoms. The van der Waals surface area contributed by atoms with Crippen LogP contribution in [0.5, 0.6) is 0 Å². The SMILES string of the molecule is CC(=O)O[C@@H]1O[C@@H]([C@@H](COC(=O)c2ccccc2)OC(=O)c2ccccc2)[C@H](OC(=O)c2ccccc2)[C@H]1OC(=O)c1ccccc1. The Morgan fingerprint density at radius 1 is 0.553 bits per heavy atom. The van der Waals surface area contributed by atoms with Gasteiger partial charge >= 0.3 is 29.8 Å². The Morgan fingerprint density at radius 2 is 0.957 bits per heavy atom. The fourth-order valence-electron chi connectivity index (χ4n) is 4.79. The lowest BCUT2D eigenvalue weighted by Crippen LogP contribution is -2.47. The van der Waals surface area contributed by atoms with Crippen molar-refractivity contribution in [2.75, 3.05) is 6.61 Å². The van der Waals surface area contributed by atoms with Crippen LogP contribution in [0.4, 0.5) is 0 Å². The smallest absolute Gasteiger partial charge is 0.338 e. The highest BCUT2D eigenvalue weighted by molar-refractivity contribution is 5.91. The molecule has 4 aromatic carbocycles. The van der Waals surface area contributed by atoms with Crippen molar-refractivity contribution in [3.63, 3.8) is 0 Å². The normalized spacial score (nSPS) is 19.1. The van der Waals surface area contributed by atoms with E-state index in [2.05, 4.69) is 0 Å². The predicted molar refractivity (Wildman–Crippen MR) is 164 cm³/mol. The lowest BCUT2D eigenvalue weighted by molar-refractivity contribution is -0.193. The highest BCUT2D eigenvalue weighted by Gasteiger charge is 2.55. The molecule has 1 aliphatic heterocycles. The summed E-state index contributed by atoms with van der Waals surface area (Å²) in [4.78, 5) is 65.0. The van der Waals surface area contributed by atoms with Crippen molar-refractivity contribution in [1.82, 2.24) is 0 Å². The zero-order valence-corrected chi connectivity index (χ0v) is 25.1. The number of carbonyl (C=O) groups is 5. The van der Waals surface area contributed by atoms with Crippen LogP contribution in [0.2, 0.25) is 0 Å². The number of hydrogen-bond donors (Lipinski definition) is 0. The first-order valence-corrected chi connectivity index (χ1v) is 14.6. The third-order valence-corrected chi connectivity index (χ3v) is 7.02. The maximum atomic E-state index is 13.4. The molecule has 0 bridgehead atoms. The molecule has 1 fully saturated rings. The molecule has 4 aromatic rings. The van der Waals surface area contributed by atoms with Crippen molar-refractivity contribution < 1.29 is 52.4 Å². The van der Waals surface area contributed by atoms with Gasteiger partial charge in [0, 0.05) is 6.92 Å². The quantitative estimate of drug-likeness (QED) is 0.165. The first-order valence-electron chi connectivity index (χ1n) is 14.6. The van der Waals surface area contributed by atoms with E-state index in [-0.39, 0.29) is 22.3 Å². The predicted octanol–water partition coefficient (Wildman–Crippen LogP) is 4.81. The highest BCUT2D eigenvalue weighted by atomic mass is 16.8. The maximum Gasteiger partial charge on any atom is 0.338 e. The van der Waals surface area contributed by atoms with Gasteiger partial charge in [0.05, 0.1) is 22.3 Å². The standard InChI is InChI=1S/C36H30O11/c1-23(37)43-36-31(46-35(41)27-20-12-5-13-21-27)30(45-34(40)26-18-10-4-11-19-26)29(47-36)28(44-33(39)25-16-8-3-9-17-25)22-42-32(38)24-14-6-2-7-15-24/h2-21,28-31,36H,22H2,1H3/t28-,29+,30+,31-,36-/m1/s1. The largest absolute Gasteiger partial charge is 0.458 e. The lowest BCUT2D eigenvalue weighted by atomic mass is 10.0. The number of carbonyl (C=O) groups excluding carboxylic acids is 5. The van der Waals surface area contributed by atoms with Gasteiger partial charge in [-0.2, -0.15) is 0 Å². The van der Waals surface area contributed by atoms with Crippen molar-refractivity contribution in [1.29, 1.82) is 0 Å². The van der Waals surface area contributed by atoms with E-state index in [1.807, 2.05) is 0 Å². The summed E-state index contributed by atoms with van der Waals surface area (Å²) in [5.74, 6) is -3.99. The van der Waals surface area contributed by atoms with Gasteiger partial charge in [-0.05, 0) is 48.5 Å². The molecular formula is C36H30O11. The second kappa shape index (κ2) is 15.5. The Labute approximate surface area is 269 Å². The average molecular weight is 639 g/mol. The number of ether oxygens (including phenoxy) is 6. The second-order valence-corrected chi connectivity index (χ2v) is 10.3. The Balaban J connectivity index is 1.51. The molecule has 0 N–H and O–H groups in total. The molecule has 0 saturated carbocycles. The Hall–Kier alpha value is -5.81. The third-order valence-electron chi connectivity index (χ3n) is 7.02. The molecule has 0 unspecified atom stereocenters. The summed E-state index contributed by atoms with van der Waals surface area (Å²) < 4.78 is 34.4. The Morgan fingerprint density at radius 3 is 1.40 bits per heavy atom. The first-order chi connectivity index (χ1) is 22.8. The molecule has 0 aliphatic carbocycles. The van der Waals surface area contributed by atoms with Gasteiger partial charge in [0.1, 0.15) is 12.7 Å². The average Bonchev–Trinajstić information content (AvgIpc) is 3.42. The monoisotopic (exact) mass is 638 g/mol. The van der Waals surface area contributed by atoms with E-state index in [0.29, 0.717) is 0 Å². The van der Waals surface area contributed by atoms with E-state index in [1.54, 1.807) is 84.9 Å². The van der Waals surface area contributed by atoms with Crippen LogP contribution < -0.4 is 0 Å². The van der Waals surface area contributed by atoms with Gasteiger partial charge in [-0.1, -0.05) is 72.8 Å². The van der Waals surface area contributed by atoms with Crippen LogP contribution in [0.1, 0.15) is 48.4 Å². The van der Waals surface area contributed by atoms with Crippen molar-refractivity contribution in [2.45, 2.75) is 37.6 Å². The topological polar surface area (TPSA) is 141 Å². The van der Waals surface area contributed by atoms with Crippen LogP contribution >= 0.6 is 0 Å². The summed E-state index contributed by atoms with van der Waals surface area (Å²) in [5.41, 5.74) is 0.719. The molecule has 11 nitrogen and oxygen atoms in total. The highest BCUT2D eigenvalue weighted by Crippen LogP contribution is 2.33. The van der Waals surface area contributed by atoms with Crippen LogP contribution in [0, 0.1) is 0 Å². The second-order valence-electron chi connectivity index (χ2n) is 10.3. The number of rotatable bonds is 11. The van der Waals surface area contributed by atoms with Crippen molar-refractivity contribution in [2.24, 2.45) is 0 Å². The Bertz CT molecular complexity index is 1680. The Kier molecular flexibility index (Phi) is 10.7. The van der Waals surface area contributed by atoms with E-state index in [1.165, 1.54) is 36.4 Å². The molecule has 1 saturated heterocycles. The van der Waals surface area contributed by atoms with Gasteiger partial charge in [-0.15, -0.1) is 0 Å². The van der Waals surface area contributed by atoms with Crippen LogP contribution in [0.15, 0.2) is 121 Å². The van der Waals surface area contributed by atoms with E-state index in [0.717, 1.165) is 6.92 Å². The van der Waals surface area contributed by atoms with Crippen LogP contribution in [0.25, 0.3) is 0 Å². The molecule has 1 aliphatic rings. The number of esters is 5. The zero-order valence-electron chi connectivity index (χ0n) is 25.1. The molecular weight excluding hydrogens is 608 g/mol. The van der Waals surface area contributed by atoms with Gasteiger partial charge in [0.2, 0.25) is 12.4 Å². The van der Waals surface area contributed by atoms with Crippen molar-refractivity contribution in [3.05, 3.63) is 144 Å². The van der Waals surface area contributed by atoms with E-state index < -0.39 is 67.2 Å². The minimum atomic E-state index is -1.60. The molecule has 47 heavy (non-hydrogen) atoms. The van der Waals surface area contributed by atoms with Crippen LogP contribution in [-0.4, -0.2) is 67.2 Å². The van der Waals surface area contributed by atoms with Gasteiger partial charge in [-0.3, -0.25) is 4.79 Å². The fraction of sp³-hybridized carbons (Fsp3) is 0.194. The summed E-state index contributed by atoms with van der Waals surface area (Å²) in [6.45, 7) is 0.550. The zero-order chi connectivity index (χ0) is 33.2. The summed E-state index contributed by atoms with van der Waals surface area (Å²) in [7, 11) is 0. The molecule has 240 valence electrons. The molecule has 1 heterocycles. The summed E-state index contributed by atoms with van der Waals surface area (Å²) in [6, 6.07) is 32.1. The lowest BCUT2D eigenvalue weighted by Gasteiger charge is -2.28. The molecule has 0 amide bonds. The molecule has 11 heteroatoms. The van der Waals surface area contributed by atoms with Crippen LogP contribution in [0.3, 0.4) is 0 Å². The minimum absolute atomic E-state index is 0.156. The van der Waals surface area contributed by atoms with E-state index in [4.69, 9.17) is 28.4 Å². The maximum absolute atomic E-state index is 13.4. The van der Waals surface area contributed by atoms with E-state index >= 15 is 0 Å². The summed E-state index contributed by atoms with van der Waals surface area (Å²) >= 11 is 0. The van der Waals surface area contributed by atoms with Crippen molar-refractivity contribution >= 4 is 29.8 Å². The van der Waals surface area contributed by atoms with Gasteiger partial charge < -0.3 is 28.4 Å². The van der Waals surface area contributed by atoms with Gasteiger partial charge in [0.25, 0.3) is 0 Å². The number of hydrogen-bond acceptors (Lipinski definition) is 11. The fourth-order valence-corrected chi connectivity index (χ4v) is 4.79. The van der Waals surface area contributed by atoms with Crippen LogP contribution in [-0.2, 0) is 33.2 Å². The minimum Gasteiger partial charge on any atom is -0.458 e. The van der Waals surface area contributed by atoms with Gasteiger partial charge in [-0.25, -0.2) is 19.2 Å². The van der Waals surface area contributed by atoms with Gasteiger partial charge in [0.15, 0.2) is 12.2 Å². The molecule has 0 aromatic heterocycles. The van der Waals surface area contributed by atoms with Crippen molar-refractivity contribution in [3.8, 4) is 0 Å². The number of benzene rings is 4. The molecule has 5 rings (SSSR count). The molecule has 5 atom stereocenters. The molecule has 0 radical (unpaired) electrons. The third kappa shape index (κ3) is 8.47. The summed E-state index contributed by atoms with van der Waals surface area (Å²) in [6.07, 6.45) is -7.52.